The van der Waals surface area contributed by atoms with Crippen molar-refractivity contribution in [2.45, 2.75) is 19.3 Å². The molecule has 7 heteroatoms. The molecule has 0 radical (unpaired) electrons. The molecule has 2 aliphatic heterocycles. The van der Waals surface area contributed by atoms with Gasteiger partial charge < -0.3 is 4.90 Å². The number of urea groups is 1. The summed E-state index contributed by atoms with van der Waals surface area (Å²) in [6, 6.07) is 13.8. The van der Waals surface area contributed by atoms with Crippen LogP contribution < -0.4 is 15.1 Å². The second-order valence-electron chi connectivity index (χ2n) is 7.08. The summed E-state index contributed by atoms with van der Waals surface area (Å²) in [5.41, 5.74) is 2.18. The zero-order chi connectivity index (χ0) is 20.4. The minimum Gasteiger partial charge on any atom is -0.372 e. The van der Waals surface area contributed by atoms with Crippen LogP contribution in [-0.2, 0) is 9.59 Å². The van der Waals surface area contributed by atoms with Gasteiger partial charge in [0, 0.05) is 23.2 Å². The van der Waals surface area contributed by atoms with E-state index in [0.29, 0.717) is 5.69 Å². The fraction of sp³-hybridized carbons (Fsp3) is 0.227. The van der Waals surface area contributed by atoms with Gasteiger partial charge in [0.25, 0.3) is 11.8 Å². The molecule has 1 N–H and O–H groups in total. The molecule has 0 unspecified atom stereocenters. The van der Waals surface area contributed by atoms with Gasteiger partial charge in [0.1, 0.15) is 5.57 Å². The van der Waals surface area contributed by atoms with Gasteiger partial charge in [-0.1, -0.05) is 34.1 Å². The molecule has 2 aromatic carbocycles. The Balaban J connectivity index is 1.60. The maximum Gasteiger partial charge on any atom is 0.335 e. The SMILES string of the molecule is O=C1NC(=O)N(c2cccc(Br)c2)C(=O)/C1=C/c1ccc(N2CCCCC2)cc1. The zero-order valence-electron chi connectivity index (χ0n) is 15.7. The predicted molar refractivity (Wildman–Crippen MR) is 116 cm³/mol. The van der Waals surface area contributed by atoms with E-state index in [-0.39, 0.29) is 5.57 Å². The van der Waals surface area contributed by atoms with E-state index in [9.17, 15) is 14.4 Å². The molecule has 148 valence electrons. The third kappa shape index (κ3) is 4.10. The lowest BCUT2D eigenvalue weighted by Crippen LogP contribution is -2.54. The first kappa shape index (κ1) is 19.4. The van der Waals surface area contributed by atoms with Gasteiger partial charge in [0.15, 0.2) is 0 Å². The van der Waals surface area contributed by atoms with Crippen molar-refractivity contribution in [3.63, 3.8) is 0 Å². The van der Waals surface area contributed by atoms with E-state index >= 15 is 0 Å². The van der Waals surface area contributed by atoms with E-state index in [1.165, 1.54) is 25.3 Å². The van der Waals surface area contributed by atoms with Crippen LogP contribution in [0.25, 0.3) is 6.08 Å². The molecule has 0 aromatic heterocycles. The topological polar surface area (TPSA) is 69.7 Å². The van der Waals surface area contributed by atoms with Gasteiger partial charge in [0.2, 0.25) is 0 Å². The predicted octanol–water partition coefficient (Wildman–Crippen LogP) is 4.11. The van der Waals surface area contributed by atoms with Gasteiger partial charge in [-0.2, -0.15) is 0 Å². The Kier molecular flexibility index (Phi) is 5.49. The first-order chi connectivity index (χ1) is 14.0. The van der Waals surface area contributed by atoms with Crippen molar-refractivity contribution >= 4 is 51.2 Å². The highest BCUT2D eigenvalue weighted by Gasteiger charge is 2.36. The smallest absolute Gasteiger partial charge is 0.335 e. The highest BCUT2D eigenvalue weighted by Crippen LogP contribution is 2.25. The van der Waals surface area contributed by atoms with Gasteiger partial charge in [0.05, 0.1) is 5.69 Å². The number of carbonyl (C=O) groups excluding carboxylic acids is 3. The highest BCUT2D eigenvalue weighted by atomic mass is 79.9. The number of barbiturate groups is 1. The van der Waals surface area contributed by atoms with E-state index < -0.39 is 17.8 Å². The normalized spacial score (nSPS) is 18.9. The molecular weight excluding hydrogens is 434 g/mol. The van der Waals surface area contributed by atoms with E-state index in [0.717, 1.165) is 33.7 Å². The van der Waals surface area contributed by atoms with Crippen LogP contribution in [0.1, 0.15) is 24.8 Å². The molecule has 0 atom stereocenters. The highest BCUT2D eigenvalue weighted by molar-refractivity contribution is 9.10. The van der Waals surface area contributed by atoms with Crippen molar-refractivity contribution < 1.29 is 14.4 Å². The van der Waals surface area contributed by atoms with Crippen molar-refractivity contribution in [3.8, 4) is 0 Å². The molecule has 6 nitrogen and oxygen atoms in total. The number of benzene rings is 2. The van der Waals surface area contributed by atoms with Gasteiger partial charge in [-0.25, -0.2) is 9.69 Å². The molecule has 2 aliphatic rings. The summed E-state index contributed by atoms with van der Waals surface area (Å²) in [4.78, 5) is 40.8. The number of anilines is 2. The number of imide groups is 2. The van der Waals surface area contributed by atoms with Crippen molar-refractivity contribution in [2.24, 2.45) is 0 Å². The van der Waals surface area contributed by atoms with E-state index in [1.54, 1.807) is 24.3 Å². The quantitative estimate of drug-likeness (QED) is 0.560. The molecule has 0 spiro atoms. The van der Waals surface area contributed by atoms with Crippen LogP contribution in [0.15, 0.2) is 58.6 Å². The lowest BCUT2D eigenvalue weighted by Gasteiger charge is -2.29. The summed E-state index contributed by atoms with van der Waals surface area (Å²) in [5, 5.41) is 2.25. The van der Waals surface area contributed by atoms with Gasteiger partial charge in [-0.15, -0.1) is 0 Å². The van der Waals surface area contributed by atoms with Crippen LogP contribution in [0.3, 0.4) is 0 Å². The number of piperidine rings is 1. The Morgan fingerprint density at radius 3 is 2.31 bits per heavy atom. The van der Waals surface area contributed by atoms with Crippen LogP contribution in [0, 0.1) is 0 Å². The Hall–Kier alpha value is -2.93. The van der Waals surface area contributed by atoms with Crippen LogP contribution >= 0.6 is 15.9 Å². The number of halogens is 1. The Bertz CT molecular complexity index is 995. The average Bonchev–Trinajstić information content (AvgIpc) is 2.72. The summed E-state index contributed by atoms with van der Waals surface area (Å²) in [5.74, 6) is -1.33. The minimum atomic E-state index is -0.754. The molecule has 2 aromatic rings. The number of nitrogens with one attached hydrogen (secondary N) is 1. The van der Waals surface area contributed by atoms with Crippen molar-refractivity contribution in [3.05, 3.63) is 64.1 Å². The standard InChI is InChI=1S/C22H20BrN3O3/c23-16-5-4-6-18(14-16)26-21(28)19(20(27)24-22(26)29)13-15-7-9-17(10-8-15)25-11-2-1-3-12-25/h4-10,13-14H,1-3,11-12H2,(H,24,27,29)/b19-13+. The average molecular weight is 454 g/mol. The number of amides is 4. The molecule has 2 heterocycles. The number of nitrogens with zero attached hydrogens (tertiary/aromatic N) is 2. The van der Waals surface area contributed by atoms with E-state index in [1.807, 2.05) is 24.3 Å². The van der Waals surface area contributed by atoms with Crippen LogP contribution in [0.5, 0.6) is 0 Å². The molecule has 0 saturated carbocycles. The largest absolute Gasteiger partial charge is 0.372 e. The minimum absolute atomic E-state index is 0.0738. The second-order valence-corrected chi connectivity index (χ2v) is 7.99. The monoisotopic (exact) mass is 453 g/mol. The number of carbonyl (C=O) groups is 3. The van der Waals surface area contributed by atoms with Gasteiger partial charge in [-0.05, 0) is 61.2 Å². The second kappa shape index (κ2) is 8.21. The molecule has 2 fully saturated rings. The Morgan fingerprint density at radius 1 is 0.897 bits per heavy atom. The number of hydrogen-bond acceptors (Lipinski definition) is 4. The fourth-order valence-corrected chi connectivity index (χ4v) is 3.99. The van der Waals surface area contributed by atoms with Crippen molar-refractivity contribution in [2.75, 3.05) is 22.9 Å². The lowest BCUT2D eigenvalue weighted by atomic mass is 10.1. The maximum absolute atomic E-state index is 12.9. The first-order valence-electron chi connectivity index (χ1n) is 9.55. The van der Waals surface area contributed by atoms with Crippen LogP contribution in [0.2, 0.25) is 0 Å². The van der Waals surface area contributed by atoms with Gasteiger partial charge in [-0.3, -0.25) is 14.9 Å². The number of rotatable bonds is 3. The summed E-state index contributed by atoms with van der Waals surface area (Å²) >= 11 is 3.33. The zero-order valence-corrected chi connectivity index (χ0v) is 17.3. The first-order valence-corrected chi connectivity index (χ1v) is 10.3. The maximum atomic E-state index is 12.9. The number of hydrogen-bond donors (Lipinski definition) is 1. The molecule has 0 aliphatic carbocycles. The van der Waals surface area contributed by atoms with E-state index in [2.05, 4.69) is 26.1 Å². The molecule has 2 saturated heterocycles. The fourth-order valence-electron chi connectivity index (χ4n) is 3.61. The summed E-state index contributed by atoms with van der Waals surface area (Å²) in [7, 11) is 0. The van der Waals surface area contributed by atoms with Crippen molar-refractivity contribution in [1.82, 2.24) is 5.32 Å². The van der Waals surface area contributed by atoms with Crippen LogP contribution in [-0.4, -0.2) is 30.9 Å². The molecule has 0 bridgehead atoms. The van der Waals surface area contributed by atoms with Gasteiger partial charge >= 0.3 is 6.03 Å². The van der Waals surface area contributed by atoms with E-state index in [4.69, 9.17) is 0 Å². The third-order valence-electron chi connectivity index (χ3n) is 5.09. The summed E-state index contributed by atoms with van der Waals surface area (Å²) in [6.07, 6.45) is 5.18. The molecule has 4 rings (SSSR count). The van der Waals surface area contributed by atoms with Crippen molar-refractivity contribution in [1.29, 1.82) is 0 Å². The molecular formula is C22H20BrN3O3. The Labute approximate surface area is 177 Å². The molecule has 4 amide bonds. The molecule has 29 heavy (non-hydrogen) atoms. The Morgan fingerprint density at radius 2 is 1.62 bits per heavy atom. The summed E-state index contributed by atoms with van der Waals surface area (Å²) < 4.78 is 0.728. The van der Waals surface area contributed by atoms with Crippen LogP contribution in [0.4, 0.5) is 16.2 Å². The summed E-state index contributed by atoms with van der Waals surface area (Å²) in [6.45, 7) is 2.09. The third-order valence-corrected chi connectivity index (χ3v) is 5.59. The lowest BCUT2D eigenvalue weighted by molar-refractivity contribution is -0.122.